The average molecular weight is 276 g/mol. The molecule has 0 saturated carbocycles. The molecule has 0 bridgehead atoms. The zero-order chi connectivity index (χ0) is 14.1. The number of nitro groups is 1. The van der Waals surface area contributed by atoms with Crippen molar-refractivity contribution in [3.05, 3.63) is 27.6 Å². The Morgan fingerprint density at radius 3 is 2.33 bits per heavy atom. The molecule has 0 fully saturated rings. The summed E-state index contributed by atoms with van der Waals surface area (Å²) in [5, 5.41) is 10.3. The molecule has 1 aromatic heterocycles. The summed E-state index contributed by atoms with van der Waals surface area (Å²) in [7, 11) is 0. The lowest BCUT2D eigenvalue weighted by molar-refractivity contribution is -0.391. The van der Waals surface area contributed by atoms with Gasteiger partial charge in [0.05, 0.1) is 0 Å². The van der Waals surface area contributed by atoms with Crippen molar-refractivity contribution in [3.8, 4) is 5.88 Å². The average Bonchev–Trinajstić information content (AvgIpc) is 2.17. The van der Waals surface area contributed by atoms with Crippen LogP contribution < -0.4 is 4.74 Å². The molecule has 1 heterocycles. The van der Waals surface area contributed by atoms with Crippen molar-refractivity contribution in [1.29, 1.82) is 0 Å². The monoisotopic (exact) mass is 276 g/mol. The van der Waals surface area contributed by atoms with Crippen LogP contribution in [0.15, 0.2) is 6.07 Å². The van der Waals surface area contributed by atoms with E-state index >= 15 is 0 Å². The highest BCUT2D eigenvalue weighted by Gasteiger charge is 2.37. The SMILES string of the molecule is O=[N+]([O-])c1nc(OC(F)(F)F)c(F)cc1C(F)F. The second-order valence-electron chi connectivity index (χ2n) is 2.79. The van der Waals surface area contributed by atoms with Gasteiger partial charge >= 0.3 is 18.1 Å². The first-order chi connectivity index (χ1) is 8.11. The largest absolute Gasteiger partial charge is 0.575 e. The molecule has 0 aliphatic heterocycles. The van der Waals surface area contributed by atoms with Gasteiger partial charge in [0.1, 0.15) is 5.56 Å². The molecule has 0 spiro atoms. The van der Waals surface area contributed by atoms with Gasteiger partial charge in [-0.3, -0.25) is 0 Å². The number of pyridine rings is 1. The standard InChI is InChI=1S/C7H2F6N2O3/c8-3-1-2(4(9)10)5(15(16)17)14-6(3)18-7(11,12)13/h1,4H. The van der Waals surface area contributed by atoms with Crippen molar-refractivity contribution in [1.82, 2.24) is 4.98 Å². The van der Waals surface area contributed by atoms with Gasteiger partial charge in [-0.15, -0.1) is 13.2 Å². The lowest BCUT2D eigenvalue weighted by Gasteiger charge is -2.07. The maximum absolute atomic E-state index is 12.9. The number of halogens is 6. The van der Waals surface area contributed by atoms with Crippen molar-refractivity contribution in [3.63, 3.8) is 0 Å². The van der Waals surface area contributed by atoms with Crippen LogP contribution in [0.3, 0.4) is 0 Å². The fourth-order valence-corrected chi connectivity index (χ4v) is 0.965. The van der Waals surface area contributed by atoms with E-state index in [-0.39, 0.29) is 6.07 Å². The van der Waals surface area contributed by atoms with Gasteiger partial charge in [0, 0.05) is 4.98 Å². The number of ether oxygens (including phenoxy) is 1. The Kier molecular flexibility index (Phi) is 3.62. The van der Waals surface area contributed by atoms with E-state index in [2.05, 4.69) is 9.72 Å². The summed E-state index contributed by atoms with van der Waals surface area (Å²) in [6.07, 6.45) is -8.82. The van der Waals surface area contributed by atoms with Gasteiger partial charge in [-0.2, -0.15) is 4.39 Å². The van der Waals surface area contributed by atoms with Crippen LogP contribution in [0.25, 0.3) is 0 Å². The predicted molar refractivity (Wildman–Crippen MR) is 42.5 cm³/mol. The highest BCUT2D eigenvalue weighted by Crippen LogP contribution is 2.33. The molecule has 5 nitrogen and oxygen atoms in total. The number of rotatable bonds is 3. The maximum Gasteiger partial charge on any atom is 0.575 e. The van der Waals surface area contributed by atoms with Gasteiger partial charge in [-0.25, -0.2) is 8.78 Å². The minimum atomic E-state index is -5.35. The zero-order valence-electron chi connectivity index (χ0n) is 8.04. The molecule has 1 aromatic rings. The first kappa shape index (κ1) is 14.0. The van der Waals surface area contributed by atoms with E-state index in [9.17, 15) is 36.5 Å². The summed E-state index contributed by atoms with van der Waals surface area (Å²) in [5.41, 5.74) is -1.44. The van der Waals surface area contributed by atoms with Crippen LogP contribution >= 0.6 is 0 Å². The van der Waals surface area contributed by atoms with E-state index in [0.717, 1.165) is 0 Å². The molecule has 0 N–H and O–H groups in total. The van der Waals surface area contributed by atoms with Crippen molar-refractivity contribution in [2.75, 3.05) is 0 Å². The number of aromatic nitrogens is 1. The molecule has 18 heavy (non-hydrogen) atoms. The summed E-state index contributed by atoms with van der Waals surface area (Å²) >= 11 is 0. The first-order valence-corrected chi connectivity index (χ1v) is 4.00. The third kappa shape index (κ3) is 3.21. The Hall–Kier alpha value is -2.07. The van der Waals surface area contributed by atoms with Crippen LogP contribution in [0.4, 0.5) is 32.2 Å². The lowest BCUT2D eigenvalue weighted by Crippen LogP contribution is -2.19. The van der Waals surface area contributed by atoms with Crippen molar-refractivity contribution in [2.24, 2.45) is 0 Å². The minimum Gasteiger partial charge on any atom is -0.364 e. The summed E-state index contributed by atoms with van der Waals surface area (Å²) in [4.78, 5) is 11.3. The molecular weight excluding hydrogens is 274 g/mol. The van der Waals surface area contributed by atoms with E-state index in [0.29, 0.717) is 0 Å². The molecular formula is C7H2F6N2O3. The van der Waals surface area contributed by atoms with Crippen LogP contribution in [-0.4, -0.2) is 16.3 Å². The van der Waals surface area contributed by atoms with E-state index in [1.54, 1.807) is 0 Å². The first-order valence-electron chi connectivity index (χ1n) is 4.00. The van der Waals surface area contributed by atoms with Gasteiger partial charge in [-0.05, 0) is 11.0 Å². The molecule has 0 saturated heterocycles. The smallest absolute Gasteiger partial charge is 0.364 e. The van der Waals surface area contributed by atoms with Gasteiger partial charge in [-0.1, -0.05) is 0 Å². The summed E-state index contributed by atoms with van der Waals surface area (Å²) in [5.74, 6) is -5.28. The fourth-order valence-electron chi connectivity index (χ4n) is 0.965. The third-order valence-corrected chi connectivity index (χ3v) is 1.57. The molecule has 0 amide bonds. The molecule has 0 aliphatic carbocycles. The van der Waals surface area contributed by atoms with Crippen LogP contribution in [0.2, 0.25) is 0 Å². The minimum absolute atomic E-state index is 0.128. The number of nitrogens with zero attached hydrogens (tertiary/aromatic N) is 2. The van der Waals surface area contributed by atoms with E-state index < -0.39 is 40.8 Å². The van der Waals surface area contributed by atoms with Gasteiger partial charge < -0.3 is 14.9 Å². The van der Waals surface area contributed by atoms with Gasteiger partial charge in [0.2, 0.25) is 5.82 Å². The van der Waals surface area contributed by atoms with Crippen molar-refractivity contribution in [2.45, 2.75) is 12.8 Å². The Balaban J connectivity index is 3.32. The van der Waals surface area contributed by atoms with Gasteiger partial charge in [0.25, 0.3) is 6.43 Å². The van der Waals surface area contributed by atoms with Crippen molar-refractivity contribution < 1.29 is 36.0 Å². The Bertz CT molecular complexity index is 475. The summed E-state index contributed by atoms with van der Waals surface area (Å²) < 4.78 is 75.8. The van der Waals surface area contributed by atoms with E-state index in [1.807, 2.05) is 0 Å². The Morgan fingerprint density at radius 1 is 1.39 bits per heavy atom. The topological polar surface area (TPSA) is 65.3 Å². The normalized spacial score (nSPS) is 11.7. The molecule has 0 atom stereocenters. The van der Waals surface area contributed by atoms with E-state index in [1.165, 1.54) is 0 Å². The maximum atomic E-state index is 12.9. The molecule has 11 heteroatoms. The second-order valence-corrected chi connectivity index (χ2v) is 2.79. The highest BCUT2D eigenvalue weighted by atomic mass is 19.4. The van der Waals surface area contributed by atoms with Crippen LogP contribution in [0, 0.1) is 15.9 Å². The van der Waals surface area contributed by atoms with E-state index in [4.69, 9.17) is 0 Å². The zero-order valence-corrected chi connectivity index (χ0v) is 8.04. The fraction of sp³-hybridized carbons (Fsp3) is 0.286. The van der Waals surface area contributed by atoms with Gasteiger partial charge in [0.15, 0.2) is 0 Å². The molecule has 0 aliphatic rings. The third-order valence-electron chi connectivity index (χ3n) is 1.57. The number of alkyl halides is 5. The molecule has 1 rings (SSSR count). The number of hydrogen-bond donors (Lipinski definition) is 0. The van der Waals surface area contributed by atoms with Crippen LogP contribution in [0.5, 0.6) is 5.88 Å². The quantitative estimate of drug-likeness (QED) is 0.483. The van der Waals surface area contributed by atoms with Crippen LogP contribution in [0.1, 0.15) is 12.0 Å². The Morgan fingerprint density at radius 2 is 1.94 bits per heavy atom. The molecule has 0 radical (unpaired) electrons. The lowest BCUT2D eigenvalue weighted by atomic mass is 10.2. The highest BCUT2D eigenvalue weighted by molar-refractivity contribution is 5.37. The summed E-state index contributed by atoms with van der Waals surface area (Å²) in [6, 6.07) is -0.128. The number of hydrogen-bond acceptors (Lipinski definition) is 4. The molecule has 0 unspecified atom stereocenters. The van der Waals surface area contributed by atoms with Crippen molar-refractivity contribution >= 4 is 5.82 Å². The molecule has 0 aromatic carbocycles. The van der Waals surface area contributed by atoms with Crippen LogP contribution in [-0.2, 0) is 0 Å². The summed E-state index contributed by atoms with van der Waals surface area (Å²) in [6.45, 7) is 0. The second kappa shape index (κ2) is 4.66. The predicted octanol–water partition coefficient (Wildman–Crippen LogP) is 2.97. The molecule has 100 valence electrons. The Labute approximate surface area is 94.1 Å².